The van der Waals surface area contributed by atoms with Gasteiger partial charge < -0.3 is 4.90 Å². The van der Waals surface area contributed by atoms with E-state index in [0.717, 1.165) is 18.5 Å². The van der Waals surface area contributed by atoms with E-state index in [0.29, 0.717) is 30.1 Å². The average Bonchev–Trinajstić information content (AvgIpc) is 2.64. The molecule has 7 heteroatoms. The number of nitrogens with zero attached hydrogens (tertiary/aromatic N) is 2. The van der Waals surface area contributed by atoms with Crippen LogP contribution >= 0.6 is 11.6 Å². The highest BCUT2D eigenvalue weighted by molar-refractivity contribution is 7.92. The molecule has 0 aliphatic carbocycles. The lowest BCUT2D eigenvalue weighted by Crippen LogP contribution is -2.36. The maximum atomic E-state index is 12.7. The first kappa shape index (κ1) is 19.7. The number of hydrogen-bond acceptors (Lipinski definition) is 3. The van der Waals surface area contributed by atoms with Crippen LogP contribution in [-0.4, -0.2) is 33.7 Å². The van der Waals surface area contributed by atoms with Gasteiger partial charge >= 0.3 is 0 Å². The number of fused-ring (bicyclic) bond motifs is 1. The summed E-state index contributed by atoms with van der Waals surface area (Å²) in [6.45, 7) is 0.963. The van der Waals surface area contributed by atoms with Crippen LogP contribution in [0.15, 0.2) is 48.5 Å². The van der Waals surface area contributed by atoms with Gasteiger partial charge in [-0.2, -0.15) is 0 Å². The van der Waals surface area contributed by atoms with Gasteiger partial charge in [-0.25, -0.2) is 8.42 Å². The van der Waals surface area contributed by atoms with Crippen molar-refractivity contribution < 1.29 is 13.2 Å². The fraction of sp³-hybridized carbons (Fsp3) is 0.350. The summed E-state index contributed by atoms with van der Waals surface area (Å²) in [5.74, 6) is 0.0340. The number of carbonyl (C=O) groups excluding carboxylic acids is 1. The zero-order chi connectivity index (χ0) is 19.4. The van der Waals surface area contributed by atoms with Gasteiger partial charge in [0.2, 0.25) is 15.9 Å². The molecule has 3 rings (SSSR count). The Kier molecular flexibility index (Phi) is 6.07. The Balaban J connectivity index is 1.65. The van der Waals surface area contributed by atoms with Gasteiger partial charge in [0.15, 0.2) is 0 Å². The number of sulfonamides is 1. The van der Waals surface area contributed by atoms with Crippen LogP contribution in [0.2, 0.25) is 5.02 Å². The molecule has 27 heavy (non-hydrogen) atoms. The van der Waals surface area contributed by atoms with E-state index >= 15 is 0 Å². The van der Waals surface area contributed by atoms with Gasteiger partial charge in [-0.1, -0.05) is 29.8 Å². The fourth-order valence-corrected chi connectivity index (χ4v) is 4.49. The lowest BCUT2D eigenvalue weighted by Gasteiger charge is -2.30. The van der Waals surface area contributed by atoms with Gasteiger partial charge in [0.1, 0.15) is 0 Å². The normalized spacial score (nSPS) is 13.9. The number of amides is 1. The van der Waals surface area contributed by atoms with Gasteiger partial charge in [0.05, 0.1) is 11.9 Å². The Morgan fingerprint density at radius 3 is 2.56 bits per heavy atom. The molecule has 2 aromatic rings. The second kappa shape index (κ2) is 8.31. The first-order chi connectivity index (χ1) is 12.9. The Hall–Kier alpha value is -2.05. The maximum absolute atomic E-state index is 12.7. The molecular formula is C20H23ClN2O3S. The molecule has 0 bridgehead atoms. The van der Waals surface area contributed by atoms with Gasteiger partial charge in [0, 0.05) is 30.2 Å². The summed E-state index contributed by atoms with van der Waals surface area (Å²) in [6.07, 6.45) is 3.85. The van der Waals surface area contributed by atoms with Crippen molar-refractivity contribution in [1.29, 1.82) is 0 Å². The first-order valence-corrected chi connectivity index (χ1v) is 11.2. The largest absolute Gasteiger partial charge is 0.312 e. The third-order valence-electron chi connectivity index (χ3n) is 4.68. The number of para-hydroxylation sites is 1. The summed E-state index contributed by atoms with van der Waals surface area (Å²) in [5.41, 5.74) is 2.72. The van der Waals surface area contributed by atoms with Crippen molar-refractivity contribution in [3.05, 3.63) is 59.1 Å². The number of rotatable bonds is 6. The SMILES string of the molecule is CS(=O)(=O)N(CCCC(=O)N1CCCc2ccccc21)c1ccc(Cl)cc1. The predicted octanol–water partition coefficient (Wildman–Crippen LogP) is 3.87. The Morgan fingerprint density at radius 1 is 1.15 bits per heavy atom. The highest BCUT2D eigenvalue weighted by Crippen LogP contribution is 2.27. The summed E-state index contributed by atoms with van der Waals surface area (Å²) >= 11 is 5.89. The average molecular weight is 407 g/mol. The van der Waals surface area contributed by atoms with E-state index in [1.165, 1.54) is 16.1 Å². The summed E-state index contributed by atoms with van der Waals surface area (Å²) in [5, 5.41) is 0.547. The molecule has 0 saturated carbocycles. The van der Waals surface area contributed by atoms with E-state index in [9.17, 15) is 13.2 Å². The van der Waals surface area contributed by atoms with E-state index < -0.39 is 10.0 Å². The molecule has 0 saturated heterocycles. The van der Waals surface area contributed by atoms with Gasteiger partial charge in [-0.05, 0) is 55.2 Å². The number of halogens is 1. The standard InChI is InChI=1S/C20H23ClN2O3S/c1-27(25,26)23(18-12-10-17(21)11-13-18)15-5-9-20(24)22-14-4-7-16-6-2-3-8-19(16)22/h2-3,6,8,10-13H,4-5,7,9,14-15H2,1H3. The molecule has 1 aliphatic rings. The van der Waals surface area contributed by atoms with Crippen molar-refractivity contribution in [2.75, 3.05) is 28.6 Å². The van der Waals surface area contributed by atoms with Gasteiger partial charge in [0.25, 0.3) is 0 Å². The molecule has 0 unspecified atom stereocenters. The molecule has 0 spiro atoms. The van der Waals surface area contributed by atoms with Crippen LogP contribution in [-0.2, 0) is 21.2 Å². The third-order valence-corrected chi connectivity index (χ3v) is 6.12. The minimum absolute atomic E-state index is 0.0340. The maximum Gasteiger partial charge on any atom is 0.232 e. The fourth-order valence-electron chi connectivity index (χ4n) is 3.40. The second-order valence-electron chi connectivity index (χ2n) is 6.69. The van der Waals surface area contributed by atoms with E-state index in [-0.39, 0.29) is 12.5 Å². The van der Waals surface area contributed by atoms with Gasteiger partial charge in [-0.3, -0.25) is 9.10 Å². The quantitative estimate of drug-likeness (QED) is 0.731. The van der Waals surface area contributed by atoms with Crippen LogP contribution in [0.4, 0.5) is 11.4 Å². The van der Waals surface area contributed by atoms with Crippen molar-refractivity contribution in [2.45, 2.75) is 25.7 Å². The van der Waals surface area contributed by atoms with Crippen LogP contribution in [0, 0.1) is 0 Å². The monoisotopic (exact) mass is 406 g/mol. The number of benzene rings is 2. The molecule has 5 nitrogen and oxygen atoms in total. The first-order valence-electron chi connectivity index (χ1n) is 8.98. The number of aryl methyl sites for hydroxylation is 1. The zero-order valence-electron chi connectivity index (χ0n) is 15.3. The molecule has 0 N–H and O–H groups in total. The summed E-state index contributed by atoms with van der Waals surface area (Å²) in [7, 11) is -3.44. The Bertz CT molecular complexity index is 913. The number of hydrogen-bond donors (Lipinski definition) is 0. The van der Waals surface area contributed by atoms with Crippen molar-refractivity contribution in [3.63, 3.8) is 0 Å². The molecule has 144 valence electrons. The molecule has 0 aromatic heterocycles. The molecule has 0 radical (unpaired) electrons. The summed E-state index contributed by atoms with van der Waals surface area (Å²) < 4.78 is 25.6. The second-order valence-corrected chi connectivity index (χ2v) is 9.04. The van der Waals surface area contributed by atoms with Crippen molar-refractivity contribution in [3.8, 4) is 0 Å². The minimum Gasteiger partial charge on any atom is -0.312 e. The molecule has 0 atom stereocenters. The van der Waals surface area contributed by atoms with Gasteiger partial charge in [-0.15, -0.1) is 0 Å². The van der Waals surface area contributed by atoms with E-state index in [1.54, 1.807) is 24.3 Å². The molecule has 1 aliphatic heterocycles. The van der Waals surface area contributed by atoms with Crippen LogP contribution in [0.25, 0.3) is 0 Å². The van der Waals surface area contributed by atoms with Crippen molar-refractivity contribution in [2.24, 2.45) is 0 Å². The van der Waals surface area contributed by atoms with Crippen molar-refractivity contribution in [1.82, 2.24) is 0 Å². The zero-order valence-corrected chi connectivity index (χ0v) is 16.8. The van der Waals surface area contributed by atoms with E-state index in [2.05, 4.69) is 6.07 Å². The Morgan fingerprint density at radius 2 is 1.85 bits per heavy atom. The number of carbonyl (C=O) groups is 1. The summed E-state index contributed by atoms with van der Waals surface area (Å²) in [6, 6.07) is 14.6. The lowest BCUT2D eigenvalue weighted by atomic mass is 10.0. The van der Waals surface area contributed by atoms with Crippen LogP contribution < -0.4 is 9.21 Å². The van der Waals surface area contributed by atoms with E-state index in [1.807, 2.05) is 23.1 Å². The third kappa shape index (κ3) is 4.82. The van der Waals surface area contributed by atoms with Crippen LogP contribution in [0.5, 0.6) is 0 Å². The lowest BCUT2D eigenvalue weighted by molar-refractivity contribution is -0.118. The molecule has 1 amide bonds. The number of anilines is 2. The van der Waals surface area contributed by atoms with Crippen molar-refractivity contribution >= 4 is 38.9 Å². The predicted molar refractivity (Wildman–Crippen MR) is 110 cm³/mol. The van der Waals surface area contributed by atoms with Crippen LogP contribution in [0.1, 0.15) is 24.8 Å². The topological polar surface area (TPSA) is 57.7 Å². The Labute approximate surface area is 165 Å². The molecular weight excluding hydrogens is 384 g/mol. The van der Waals surface area contributed by atoms with E-state index in [4.69, 9.17) is 11.6 Å². The molecule has 1 heterocycles. The highest BCUT2D eigenvalue weighted by atomic mass is 35.5. The highest BCUT2D eigenvalue weighted by Gasteiger charge is 2.23. The smallest absolute Gasteiger partial charge is 0.232 e. The molecule has 2 aromatic carbocycles. The molecule has 0 fully saturated rings. The van der Waals surface area contributed by atoms with Crippen LogP contribution in [0.3, 0.4) is 0 Å². The minimum atomic E-state index is -3.44. The summed E-state index contributed by atoms with van der Waals surface area (Å²) in [4.78, 5) is 14.5.